The van der Waals surface area contributed by atoms with Gasteiger partial charge in [-0.05, 0) is 77.6 Å². The number of nitrogens with one attached hydrogen (secondary N) is 1. The molecule has 50 heavy (non-hydrogen) atoms. The van der Waals surface area contributed by atoms with E-state index in [2.05, 4.69) is 5.32 Å². The highest BCUT2D eigenvalue weighted by molar-refractivity contribution is 5.92. The zero-order valence-corrected chi connectivity index (χ0v) is 32.5. The summed E-state index contributed by atoms with van der Waals surface area (Å²) < 4.78 is 22.4. The molecular formula is C37H64N4O9. The summed E-state index contributed by atoms with van der Waals surface area (Å²) in [7, 11) is 6.14. The lowest BCUT2D eigenvalue weighted by molar-refractivity contribution is -0.154. The second-order valence-electron chi connectivity index (χ2n) is 15.9. The first-order chi connectivity index (χ1) is 23.4. The van der Waals surface area contributed by atoms with Crippen molar-refractivity contribution in [2.24, 2.45) is 23.7 Å². The van der Waals surface area contributed by atoms with Crippen molar-refractivity contribution in [3.63, 3.8) is 0 Å². The van der Waals surface area contributed by atoms with Crippen LogP contribution in [0.1, 0.15) is 100 Å². The lowest BCUT2D eigenvalue weighted by atomic mass is 9.89. The maximum atomic E-state index is 14.4. The Labute approximate surface area is 299 Å². The molecule has 0 aromatic rings. The fourth-order valence-electron chi connectivity index (χ4n) is 8.35. The van der Waals surface area contributed by atoms with Crippen molar-refractivity contribution in [1.82, 2.24) is 20.0 Å². The highest BCUT2D eigenvalue weighted by atomic mass is 16.6. The predicted octanol–water partition coefficient (Wildman–Crippen LogP) is 4.01. The van der Waals surface area contributed by atoms with Gasteiger partial charge in [0.2, 0.25) is 17.7 Å². The number of amides is 4. The number of likely N-dealkylation sites (tertiary alicyclic amines) is 2. The van der Waals surface area contributed by atoms with E-state index < -0.39 is 53.9 Å². The Morgan fingerprint density at radius 1 is 0.960 bits per heavy atom. The number of ether oxygens (including phenoxy) is 4. The zero-order chi connectivity index (χ0) is 37.7. The molecule has 1 saturated carbocycles. The first-order valence-corrected chi connectivity index (χ1v) is 18.4. The predicted molar refractivity (Wildman–Crippen MR) is 188 cm³/mol. The minimum atomic E-state index is -0.864. The summed E-state index contributed by atoms with van der Waals surface area (Å²) >= 11 is 0. The maximum Gasteiger partial charge on any atom is 0.411 e. The Morgan fingerprint density at radius 3 is 2.16 bits per heavy atom. The van der Waals surface area contributed by atoms with Crippen LogP contribution in [0.25, 0.3) is 0 Å². The Balaban J connectivity index is 1.81. The van der Waals surface area contributed by atoms with Crippen molar-refractivity contribution >= 4 is 29.8 Å². The Bertz CT molecular complexity index is 1210. The molecule has 0 unspecified atom stereocenters. The molecule has 0 aromatic carbocycles. The average Bonchev–Trinajstić information content (AvgIpc) is 3.82. The fourth-order valence-corrected chi connectivity index (χ4v) is 8.35. The van der Waals surface area contributed by atoms with Crippen LogP contribution in [0.4, 0.5) is 4.79 Å². The van der Waals surface area contributed by atoms with Gasteiger partial charge in [0.25, 0.3) is 0 Å². The van der Waals surface area contributed by atoms with E-state index in [-0.39, 0.29) is 54.0 Å². The molecule has 3 fully saturated rings. The molecule has 10 atom stereocenters. The molecule has 1 N–H and O–H groups in total. The van der Waals surface area contributed by atoms with Crippen LogP contribution in [-0.4, -0.2) is 127 Å². The van der Waals surface area contributed by atoms with Crippen LogP contribution in [-0.2, 0) is 38.1 Å². The number of hydrogen-bond donors (Lipinski definition) is 1. The lowest BCUT2D eigenvalue weighted by Crippen LogP contribution is -2.61. The highest BCUT2D eigenvalue weighted by Crippen LogP contribution is 2.43. The van der Waals surface area contributed by atoms with E-state index in [4.69, 9.17) is 18.9 Å². The molecule has 286 valence electrons. The Morgan fingerprint density at radius 2 is 1.62 bits per heavy atom. The summed E-state index contributed by atoms with van der Waals surface area (Å²) in [5.41, 5.74) is -0.702. The van der Waals surface area contributed by atoms with Crippen LogP contribution in [0.5, 0.6) is 0 Å². The van der Waals surface area contributed by atoms with Gasteiger partial charge in [-0.3, -0.25) is 24.1 Å². The van der Waals surface area contributed by atoms with Crippen molar-refractivity contribution in [1.29, 1.82) is 0 Å². The van der Waals surface area contributed by atoms with Crippen molar-refractivity contribution in [2.75, 3.05) is 34.9 Å². The third-order valence-electron chi connectivity index (χ3n) is 11.1. The van der Waals surface area contributed by atoms with Gasteiger partial charge in [-0.15, -0.1) is 0 Å². The third-order valence-corrected chi connectivity index (χ3v) is 11.1. The molecule has 2 bridgehead atoms. The third kappa shape index (κ3) is 9.29. The minimum absolute atomic E-state index is 0.00707. The molecule has 1 aliphatic carbocycles. The van der Waals surface area contributed by atoms with E-state index in [9.17, 15) is 24.0 Å². The Kier molecular flexibility index (Phi) is 14.5. The van der Waals surface area contributed by atoms with Gasteiger partial charge in [0.1, 0.15) is 17.7 Å². The number of piperidine rings is 1. The largest absolute Gasteiger partial charge is 0.469 e. The van der Waals surface area contributed by atoms with Gasteiger partial charge < -0.3 is 34.1 Å². The molecule has 0 radical (unpaired) electrons. The van der Waals surface area contributed by atoms with E-state index in [0.29, 0.717) is 13.0 Å². The topological polar surface area (TPSA) is 144 Å². The standard InChI is InChI=1S/C37H64N4O9/c1-13-22(4)30(27(47-10)20-28(42)40-18-14-15-26(40)32(48-11)23(5)35(45)49-12)39(9)34(44)29(21(2)3)38-33(43)31-24-16-17-25(19-24)41(31)36(46)50-37(6,7)8/h21-27,29-32H,13-20H2,1-12H3,(H,38,43)/t22-,23+,24-,25+,26-,27+,29-,30-,31-,32+/m0/s1. The van der Waals surface area contributed by atoms with Crippen LogP contribution in [0.15, 0.2) is 0 Å². The van der Waals surface area contributed by atoms with E-state index >= 15 is 0 Å². The number of likely N-dealkylation sites (N-methyl/N-ethyl adjacent to an activating group) is 1. The van der Waals surface area contributed by atoms with Crippen LogP contribution in [0.3, 0.4) is 0 Å². The molecular weight excluding hydrogens is 644 g/mol. The number of carbonyl (C=O) groups is 5. The summed E-state index contributed by atoms with van der Waals surface area (Å²) in [5, 5.41) is 3.03. The average molecular weight is 709 g/mol. The molecule has 3 aliphatic rings. The number of fused-ring (bicyclic) bond motifs is 2. The summed E-state index contributed by atoms with van der Waals surface area (Å²) in [6.45, 7) is 15.5. The van der Waals surface area contributed by atoms with Gasteiger partial charge in [-0.25, -0.2) is 4.79 Å². The van der Waals surface area contributed by atoms with Crippen LogP contribution in [0, 0.1) is 23.7 Å². The van der Waals surface area contributed by atoms with E-state index in [1.165, 1.54) is 7.11 Å². The summed E-state index contributed by atoms with van der Waals surface area (Å²) in [6.07, 6.45) is 2.95. The number of hydrogen-bond acceptors (Lipinski definition) is 9. The number of esters is 1. The molecule has 0 spiro atoms. The number of carbonyl (C=O) groups excluding carboxylic acids is 5. The smallest absolute Gasteiger partial charge is 0.411 e. The second kappa shape index (κ2) is 17.5. The number of rotatable bonds is 15. The van der Waals surface area contributed by atoms with E-state index in [1.807, 2.05) is 27.7 Å². The summed E-state index contributed by atoms with van der Waals surface area (Å²) in [4.78, 5) is 72.9. The van der Waals surface area contributed by atoms with Gasteiger partial charge in [-0.1, -0.05) is 34.1 Å². The second-order valence-corrected chi connectivity index (χ2v) is 15.9. The fraction of sp³-hybridized carbons (Fsp3) is 0.865. The monoisotopic (exact) mass is 708 g/mol. The Hall–Kier alpha value is -2.93. The molecule has 2 heterocycles. The molecule has 0 aromatic heterocycles. The van der Waals surface area contributed by atoms with Crippen LogP contribution in [0.2, 0.25) is 0 Å². The number of methoxy groups -OCH3 is 3. The van der Waals surface area contributed by atoms with Crippen molar-refractivity contribution in [3.8, 4) is 0 Å². The van der Waals surface area contributed by atoms with Gasteiger partial charge in [0.05, 0.1) is 43.7 Å². The van der Waals surface area contributed by atoms with Crippen molar-refractivity contribution in [3.05, 3.63) is 0 Å². The minimum Gasteiger partial charge on any atom is -0.469 e. The maximum absolute atomic E-state index is 14.4. The first kappa shape index (κ1) is 41.5. The zero-order valence-electron chi connectivity index (χ0n) is 32.5. The molecule has 2 aliphatic heterocycles. The van der Waals surface area contributed by atoms with Gasteiger partial charge in [-0.2, -0.15) is 0 Å². The molecule has 13 heteroatoms. The summed E-state index contributed by atoms with van der Waals surface area (Å²) in [6, 6.07) is -2.41. The van der Waals surface area contributed by atoms with E-state index in [1.54, 1.807) is 63.7 Å². The normalized spacial score (nSPS) is 25.5. The molecule has 4 amide bonds. The van der Waals surface area contributed by atoms with Crippen LogP contribution >= 0.6 is 0 Å². The quantitative estimate of drug-likeness (QED) is 0.250. The highest BCUT2D eigenvalue weighted by Gasteiger charge is 2.53. The molecule has 13 nitrogen and oxygen atoms in total. The van der Waals surface area contributed by atoms with Crippen molar-refractivity contribution in [2.45, 2.75) is 148 Å². The lowest BCUT2D eigenvalue weighted by Gasteiger charge is -2.41. The van der Waals surface area contributed by atoms with Crippen LogP contribution < -0.4 is 5.32 Å². The first-order valence-electron chi connectivity index (χ1n) is 18.4. The molecule has 2 saturated heterocycles. The van der Waals surface area contributed by atoms with Crippen molar-refractivity contribution < 1.29 is 42.9 Å². The summed E-state index contributed by atoms with van der Waals surface area (Å²) in [5.74, 6) is -2.02. The van der Waals surface area contributed by atoms with Gasteiger partial charge in [0.15, 0.2) is 0 Å². The number of nitrogens with zero attached hydrogens (tertiary/aromatic N) is 3. The van der Waals surface area contributed by atoms with Gasteiger partial charge >= 0.3 is 12.1 Å². The molecule has 3 rings (SSSR count). The van der Waals surface area contributed by atoms with Gasteiger partial charge in [0, 0.05) is 33.9 Å². The van der Waals surface area contributed by atoms with E-state index in [0.717, 1.165) is 32.1 Å². The SMILES string of the molecule is CC[C@H](C)[C@@H]([C@@H](CC(=O)N1CCC[C@H]1[C@H](OC)[C@@H](C)C(=O)OC)OC)N(C)C(=O)[C@@H](NC(=O)[C@@H]1[C@H]2CC[C@H](C2)N1C(=O)OC(C)(C)C)C(C)C.